The number of allylic oxidation sites excluding steroid dienone is 28. The number of aliphatic hydroxyl groups excluding tert-OH is 2. The van der Waals surface area contributed by atoms with E-state index in [1.54, 1.807) is 0 Å². The van der Waals surface area contributed by atoms with Crippen LogP contribution in [-0.2, 0) is 55.8 Å². The van der Waals surface area contributed by atoms with Gasteiger partial charge in [-0.1, -0.05) is 351 Å². The molecule has 0 fully saturated rings. The van der Waals surface area contributed by atoms with Crippen molar-refractivity contribution in [1.82, 2.24) is 0 Å². The summed E-state index contributed by atoms with van der Waals surface area (Å²) in [6.45, 7) is 2.42. The van der Waals surface area contributed by atoms with Crippen LogP contribution in [0.1, 0.15) is 355 Å². The molecule has 0 spiro atoms. The van der Waals surface area contributed by atoms with Crippen molar-refractivity contribution in [2.45, 2.75) is 373 Å². The minimum Gasteiger partial charge on any atom is -0.463 e. The van der Waals surface area contributed by atoms with Crippen molar-refractivity contribution in [3.05, 3.63) is 170 Å². The number of unbranched alkanes of at least 4 members (excludes halogenated alkanes) is 32. The van der Waals surface area contributed by atoms with Gasteiger partial charge in [0.1, 0.15) is 25.4 Å². The number of rotatable bonds is 83. The third-order valence-electron chi connectivity index (χ3n) is 18.4. The minimum absolute atomic E-state index is 0.0755. The maximum absolute atomic E-state index is 13.0. The summed E-state index contributed by atoms with van der Waals surface area (Å²) in [7, 11) is -9.82. The molecule has 0 heterocycles. The first-order valence-corrected chi connectivity index (χ1v) is 47.4. The molecule has 113 heavy (non-hydrogen) atoms. The van der Waals surface area contributed by atoms with E-state index >= 15 is 0 Å². The van der Waals surface area contributed by atoms with Gasteiger partial charge < -0.3 is 34.2 Å². The molecule has 646 valence electrons. The Morgan fingerprint density at radius 3 is 0.743 bits per heavy atom. The van der Waals surface area contributed by atoms with Crippen molar-refractivity contribution in [3.8, 4) is 0 Å². The number of ether oxygens (including phenoxy) is 3. The van der Waals surface area contributed by atoms with Gasteiger partial charge in [0.25, 0.3) is 0 Å². The number of aliphatic hydroxyl groups is 2. The van der Waals surface area contributed by atoms with Gasteiger partial charge >= 0.3 is 33.6 Å². The van der Waals surface area contributed by atoms with Gasteiger partial charge in [-0.25, -0.2) is 9.13 Å². The monoisotopic (exact) mass is 1620 g/mol. The SMILES string of the molecule is CC/C=C\C/C=C\C/C=C\C/C=C\C/C=C\CCCCCCCCCCCC(=O)OCC(COP(=O)(O)OCC(O)COP(=O)(O)OCC(O)COC(=O)CCCCCCCCCCCCCCCCC/C=C\C/C=C\C/C=C\C/C=C\CCCCC)OC(=O)CCCCCCC/C=C\C/C=C\C/C=C\C/C=C\C/C=C\CC. The van der Waals surface area contributed by atoms with Gasteiger partial charge in [0.05, 0.1) is 26.4 Å². The first-order chi connectivity index (χ1) is 55.2. The van der Waals surface area contributed by atoms with Crippen molar-refractivity contribution in [2.24, 2.45) is 0 Å². The molecule has 4 N–H and O–H groups in total. The third kappa shape index (κ3) is 87.6. The molecular formula is C95H160O16P2. The van der Waals surface area contributed by atoms with Gasteiger partial charge in [-0.15, -0.1) is 0 Å². The van der Waals surface area contributed by atoms with Crippen molar-refractivity contribution < 1.29 is 75.8 Å². The molecule has 0 bridgehead atoms. The lowest BCUT2D eigenvalue weighted by molar-refractivity contribution is -0.161. The molecule has 0 saturated carbocycles. The standard InChI is InChI=1S/C95H160O16P2/c1-4-7-10-13-16-19-22-25-28-31-34-37-39-41-42-43-44-45-46-48-50-52-54-57-60-63-66-69-72-75-78-81-93(98)105-84-90(96)85-107-112(101,102)108-86-91(97)87-109-113(103,104)110-89-92(111-95(100)83-80-77-74-71-68-65-62-59-56-51-36-33-30-27-24-21-18-15-12-9-6-3)88-106-94(99)82-79-76-73-70-67-64-61-58-55-53-49-47-40-38-35-32-29-26-23-20-17-14-11-8-5-2/h8-9,11-12,16-21,25-30,34-38,41-42,47,49,51,59,62,90-92,96-97H,4-7,10,13-15,22-24,31-33,39-40,43-46,48,50,52-58,60-61,63-89H2,1-3H3,(H,101,102)(H,103,104)/b11-8-,12-9-,19-16-,20-17-,21-18-,28-25-,29-26-,30-27-,37-34-,38-35-,42-41-,49-47-,51-36-,62-59-. The van der Waals surface area contributed by atoms with Crippen molar-refractivity contribution in [2.75, 3.05) is 39.6 Å². The van der Waals surface area contributed by atoms with Gasteiger partial charge in [0.15, 0.2) is 6.10 Å². The maximum atomic E-state index is 13.0. The minimum atomic E-state index is -4.95. The normalized spacial score (nSPS) is 14.6. The number of hydrogen-bond donors (Lipinski definition) is 4. The van der Waals surface area contributed by atoms with Crippen LogP contribution in [0.25, 0.3) is 0 Å². The van der Waals surface area contributed by atoms with E-state index < -0.39 is 91.5 Å². The van der Waals surface area contributed by atoms with Crippen LogP contribution in [0.3, 0.4) is 0 Å². The van der Waals surface area contributed by atoms with E-state index in [4.69, 9.17) is 32.3 Å². The van der Waals surface area contributed by atoms with Gasteiger partial charge in [0, 0.05) is 19.3 Å². The van der Waals surface area contributed by atoms with E-state index in [1.807, 2.05) is 0 Å². The number of phosphoric ester groups is 2. The van der Waals surface area contributed by atoms with E-state index in [9.17, 15) is 43.5 Å². The fourth-order valence-corrected chi connectivity index (χ4v) is 13.3. The summed E-state index contributed by atoms with van der Waals surface area (Å²) in [5.41, 5.74) is 0. The molecule has 5 atom stereocenters. The number of carbonyl (C=O) groups excluding carboxylic acids is 3. The van der Waals surface area contributed by atoms with Crippen LogP contribution in [0.5, 0.6) is 0 Å². The average molecular weight is 1620 g/mol. The molecule has 0 aromatic rings. The molecule has 0 aromatic carbocycles. The van der Waals surface area contributed by atoms with Gasteiger partial charge in [-0.3, -0.25) is 32.5 Å². The highest BCUT2D eigenvalue weighted by atomic mass is 31.2. The second-order valence-corrected chi connectivity index (χ2v) is 32.2. The Bertz CT molecular complexity index is 2730. The van der Waals surface area contributed by atoms with Gasteiger partial charge in [0.2, 0.25) is 0 Å². The van der Waals surface area contributed by atoms with E-state index in [0.717, 1.165) is 167 Å². The third-order valence-corrected chi connectivity index (χ3v) is 20.3. The Balaban J connectivity index is 4.61. The Hall–Kier alpha value is -5.09. The van der Waals surface area contributed by atoms with Crippen molar-refractivity contribution in [1.29, 1.82) is 0 Å². The molecule has 16 nitrogen and oxygen atoms in total. The van der Waals surface area contributed by atoms with Crippen LogP contribution >= 0.6 is 15.6 Å². The maximum Gasteiger partial charge on any atom is 0.472 e. The number of carbonyl (C=O) groups is 3. The Labute approximate surface area is 688 Å². The molecule has 0 aliphatic carbocycles. The van der Waals surface area contributed by atoms with Crippen LogP contribution in [0, 0.1) is 0 Å². The zero-order chi connectivity index (χ0) is 82.2. The largest absolute Gasteiger partial charge is 0.472 e. The topological polar surface area (TPSA) is 231 Å². The number of esters is 3. The van der Waals surface area contributed by atoms with Crippen LogP contribution in [0.15, 0.2) is 170 Å². The molecule has 5 unspecified atom stereocenters. The molecule has 0 amide bonds. The first-order valence-electron chi connectivity index (χ1n) is 44.4. The summed E-state index contributed by atoms with van der Waals surface area (Å²) in [6.07, 6.45) is 111. The summed E-state index contributed by atoms with van der Waals surface area (Å²) in [4.78, 5) is 58.9. The molecule has 0 aromatic heterocycles. The highest BCUT2D eigenvalue weighted by molar-refractivity contribution is 7.47. The van der Waals surface area contributed by atoms with E-state index in [2.05, 4.69) is 191 Å². The predicted molar refractivity (Wildman–Crippen MR) is 472 cm³/mol. The molecule has 0 rings (SSSR count). The summed E-state index contributed by atoms with van der Waals surface area (Å²) in [5, 5.41) is 20.7. The average Bonchev–Trinajstić information content (AvgIpc) is 0.899. The Kier molecular flexibility index (Phi) is 82.4. The van der Waals surface area contributed by atoms with E-state index in [-0.39, 0.29) is 19.3 Å². The smallest absolute Gasteiger partial charge is 0.463 e. The quantitative estimate of drug-likeness (QED) is 0.0146. The molecule has 0 saturated heterocycles. The summed E-state index contributed by atoms with van der Waals surface area (Å²) in [5.74, 6) is -1.60. The predicted octanol–water partition coefficient (Wildman–Crippen LogP) is 27.1. The lowest BCUT2D eigenvalue weighted by Crippen LogP contribution is -2.30. The Morgan fingerprint density at radius 2 is 0.469 bits per heavy atom. The van der Waals surface area contributed by atoms with Crippen molar-refractivity contribution in [3.63, 3.8) is 0 Å². The summed E-state index contributed by atoms with van der Waals surface area (Å²) < 4.78 is 61.4. The van der Waals surface area contributed by atoms with Crippen molar-refractivity contribution >= 4 is 33.6 Å². The van der Waals surface area contributed by atoms with Crippen LogP contribution in [0.2, 0.25) is 0 Å². The van der Waals surface area contributed by atoms with E-state index in [1.165, 1.54) is 128 Å². The molecular weight excluding hydrogens is 1460 g/mol. The molecule has 0 aliphatic rings. The van der Waals surface area contributed by atoms with Crippen LogP contribution < -0.4 is 0 Å². The molecule has 0 aliphatic heterocycles. The lowest BCUT2D eigenvalue weighted by atomic mass is 10.0. The van der Waals surface area contributed by atoms with E-state index in [0.29, 0.717) is 19.3 Å². The Morgan fingerprint density at radius 1 is 0.257 bits per heavy atom. The van der Waals surface area contributed by atoms with Crippen LogP contribution in [0.4, 0.5) is 0 Å². The first kappa shape index (κ1) is 108. The zero-order valence-corrected chi connectivity index (χ0v) is 72.8. The fourth-order valence-electron chi connectivity index (χ4n) is 11.7. The highest BCUT2D eigenvalue weighted by Gasteiger charge is 2.29. The lowest BCUT2D eigenvalue weighted by Gasteiger charge is -2.21. The fraction of sp³-hybridized carbons (Fsp3) is 0.674. The second-order valence-electron chi connectivity index (χ2n) is 29.3. The highest BCUT2D eigenvalue weighted by Crippen LogP contribution is 2.45. The number of phosphoric acid groups is 2. The molecule has 0 radical (unpaired) electrons. The molecule has 18 heteroatoms. The number of hydrogen-bond acceptors (Lipinski definition) is 14. The summed E-state index contributed by atoms with van der Waals surface area (Å²) >= 11 is 0. The second kappa shape index (κ2) is 86.3. The van der Waals surface area contributed by atoms with Gasteiger partial charge in [-0.2, -0.15) is 0 Å². The summed E-state index contributed by atoms with van der Waals surface area (Å²) in [6, 6.07) is 0. The van der Waals surface area contributed by atoms with Crippen LogP contribution in [-0.4, -0.2) is 95.9 Å². The van der Waals surface area contributed by atoms with Gasteiger partial charge in [-0.05, 0) is 154 Å². The zero-order valence-electron chi connectivity index (χ0n) is 71.0.